The van der Waals surface area contributed by atoms with E-state index in [4.69, 9.17) is 0 Å². The first-order valence-corrected chi connectivity index (χ1v) is 15.2. The van der Waals surface area contributed by atoms with Crippen molar-refractivity contribution in [2.75, 3.05) is 12.1 Å². The van der Waals surface area contributed by atoms with Crippen molar-refractivity contribution in [2.45, 2.75) is 48.4 Å². The summed E-state index contributed by atoms with van der Waals surface area (Å²) in [6.45, 7) is 1.33. The lowest BCUT2D eigenvalue weighted by Crippen LogP contribution is -2.51. The summed E-state index contributed by atoms with van der Waals surface area (Å²) in [5, 5.41) is 2.50. The zero-order chi connectivity index (χ0) is 30.9. The van der Waals surface area contributed by atoms with Gasteiger partial charge < -0.3 is 0 Å². The molecule has 13 heteroatoms. The van der Waals surface area contributed by atoms with E-state index in [1.807, 2.05) is 0 Å². The molecule has 1 saturated carbocycles. The normalized spacial score (nSPS) is 26.6. The zero-order valence-corrected chi connectivity index (χ0v) is 24.4. The van der Waals surface area contributed by atoms with Crippen molar-refractivity contribution < 1.29 is 30.8 Å². The molecule has 1 unspecified atom stereocenters. The number of allylic oxidation sites excluding steroid dienone is 3. The van der Waals surface area contributed by atoms with E-state index in [-0.39, 0.29) is 29.0 Å². The van der Waals surface area contributed by atoms with Gasteiger partial charge in [-0.2, -0.15) is 5.10 Å². The quantitative estimate of drug-likeness (QED) is 0.303. The Kier molecular flexibility index (Phi) is 6.69. The Morgan fingerprint density at radius 3 is 2.51 bits per heavy atom. The number of aryl methyl sites for hydroxylation is 1. The molecule has 3 aliphatic rings. The number of alkyl halides is 3. The molecule has 0 saturated heterocycles. The van der Waals surface area contributed by atoms with Crippen LogP contribution < -0.4 is 10.4 Å². The Morgan fingerprint density at radius 1 is 1.14 bits per heavy atom. The first-order chi connectivity index (χ1) is 20.2. The van der Waals surface area contributed by atoms with E-state index in [1.54, 1.807) is 13.1 Å². The molecule has 0 amide bonds. The molecular formula is C30H29F4N5O3S. The highest BCUT2D eigenvalue weighted by Crippen LogP contribution is 2.60. The van der Waals surface area contributed by atoms with Gasteiger partial charge in [-0.05, 0) is 60.9 Å². The highest BCUT2D eigenvalue weighted by molar-refractivity contribution is 7.92. The summed E-state index contributed by atoms with van der Waals surface area (Å²) in [4.78, 5) is 18.1. The summed E-state index contributed by atoms with van der Waals surface area (Å²) in [5.74, 6) is -6.18. The third-order valence-electron chi connectivity index (χ3n) is 8.98. The van der Waals surface area contributed by atoms with Crippen LogP contribution in [0.1, 0.15) is 48.7 Å². The van der Waals surface area contributed by atoms with Crippen LogP contribution in [0, 0.1) is 17.2 Å². The monoisotopic (exact) mass is 615 g/mol. The highest BCUT2D eigenvalue weighted by atomic mass is 32.2. The molecule has 1 aromatic carbocycles. The molecule has 43 heavy (non-hydrogen) atoms. The van der Waals surface area contributed by atoms with E-state index in [0.29, 0.717) is 17.0 Å². The number of rotatable bonds is 5. The maximum absolute atomic E-state index is 17.0. The number of Topliss-reactive ketones (excluding diaryl/α,β-unsaturated/α-hetero) is 1. The number of nitrogens with zero attached hydrogens (tertiary/aromatic N) is 4. The number of sulfone groups is 1. The standard InChI is InChI=1S/C30H29F4N5O3S/c1-18-24-14-28(27(40)25-12-20(9-11-36-25)30(18,33)34)17-29(32,43(41,42)23-15-37-38(3)16-23)10-8-19(28)13-26(24)39(35-2)22-6-4-21(31)5-7-22/h4-7,9,11-13,15-16,18,35H,8,10,14,17H2,1-3H3/t18?,28-,29-/m0/s1. The first kappa shape index (κ1) is 29.2. The van der Waals surface area contributed by atoms with Gasteiger partial charge in [-0.1, -0.05) is 12.5 Å². The van der Waals surface area contributed by atoms with Crippen LogP contribution in [0.15, 0.2) is 82.8 Å². The molecule has 3 atom stereocenters. The number of halogens is 4. The van der Waals surface area contributed by atoms with Crippen molar-refractivity contribution in [3.8, 4) is 0 Å². The van der Waals surface area contributed by atoms with Gasteiger partial charge in [-0.25, -0.2) is 31.4 Å². The van der Waals surface area contributed by atoms with Crippen LogP contribution >= 0.6 is 0 Å². The summed E-state index contributed by atoms with van der Waals surface area (Å²) in [6, 6.07) is 7.57. The minimum absolute atomic E-state index is 0.117. The van der Waals surface area contributed by atoms with Gasteiger partial charge >= 0.3 is 0 Å². The van der Waals surface area contributed by atoms with E-state index in [1.165, 1.54) is 54.1 Å². The van der Waals surface area contributed by atoms with Crippen molar-refractivity contribution >= 4 is 21.3 Å². The molecule has 6 rings (SSSR count). The maximum atomic E-state index is 17.0. The first-order valence-electron chi connectivity index (χ1n) is 13.7. The third kappa shape index (κ3) is 4.35. The molecule has 0 aliphatic heterocycles. The Labute approximate surface area is 246 Å². The molecule has 1 fully saturated rings. The molecule has 1 N–H and O–H groups in total. The van der Waals surface area contributed by atoms with E-state index in [2.05, 4.69) is 15.5 Å². The largest absolute Gasteiger partial charge is 0.291 e. The summed E-state index contributed by atoms with van der Waals surface area (Å²) in [5.41, 5.74) is 1.72. The number of hydrogen-bond donors (Lipinski definition) is 1. The van der Waals surface area contributed by atoms with Crippen molar-refractivity contribution in [1.29, 1.82) is 0 Å². The number of ketones is 1. The van der Waals surface area contributed by atoms with E-state index >= 15 is 13.2 Å². The average molecular weight is 616 g/mol. The topological polar surface area (TPSA) is 97.2 Å². The summed E-state index contributed by atoms with van der Waals surface area (Å²) >= 11 is 0. The molecule has 1 spiro atoms. The number of fused-ring (bicyclic) bond motifs is 3. The van der Waals surface area contributed by atoms with Crippen molar-refractivity contribution in [2.24, 2.45) is 18.4 Å². The Bertz CT molecular complexity index is 1800. The molecule has 0 radical (unpaired) electrons. The van der Waals surface area contributed by atoms with Crippen LogP contribution in [0.4, 0.5) is 23.2 Å². The van der Waals surface area contributed by atoms with Gasteiger partial charge in [0.25, 0.3) is 5.92 Å². The van der Waals surface area contributed by atoms with Crippen LogP contribution in [-0.2, 0) is 22.8 Å². The van der Waals surface area contributed by atoms with Gasteiger partial charge in [0.15, 0.2) is 5.78 Å². The van der Waals surface area contributed by atoms with Crippen LogP contribution in [0.5, 0.6) is 0 Å². The van der Waals surface area contributed by atoms with Gasteiger partial charge in [0, 0.05) is 50.8 Å². The maximum Gasteiger partial charge on any atom is 0.279 e. The molecule has 3 aromatic rings. The molecule has 2 heterocycles. The second-order valence-corrected chi connectivity index (χ2v) is 13.6. The molecule has 3 aliphatic carbocycles. The highest BCUT2D eigenvalue weighted by Gasteiger charge is 2.61. The molecule has 226 valence electrons. The lowest BCUT2D eigenvalue weighted by atomic mass is 9.59. The predicted octanol–water partition coefficient (Wildman–Crippen LogP) is 5.41. The zero-order valence-electron chi connectivity index (χ0n) is 23.6. The molecule has 2 aromatic heterocycles. The Morgan fingerprint density at radius 2 is 1.86 bits per heavy atom. The average Bonchev–Trinajstić information content (AvgIpc) is 3.44. The van der Waals surface area contributed by atoms with Crippen molar-refractivity contribution in [3.63, 3.8) is 0 Å². The number of carbonyl (C=O) groups excluding carboxylic acids is 1. The van der Waals surface area contributed by atoms with Crippen molar-refractivity contribution in [3.05, 3.63) is 95.0 Å². The number of benzene rings is 1. The van der Waals surface area contributed by atoms with Crippen LogP contribution in [0.3, 0.4) is 0 Å². The number of pyridine rings is 1. The smallest absolute Gasteiger partial charge is 0.279 e. The second-order valence-electron chi connectivity index (χ2n) is 11.4. The van der Waals surface area contributed by atoms with Gasteiger partial charge in [-0.3, -0.25) is 19.5 Å². The number of nitrogens with one attached hydrogen (secondary N) is 1. The molecule has 8 nitrogen and oxygen atoms in total. The molecular weight excluding hydrogens is 586 g/mol. The number of aromatic nitrogens is 3. The minimum atomic E-state index is -4.65. The SMILES string of the molecule is CNN(C1=C2C[C@@]3(C[C@@](F)(S(=O)(=O)c4cnn(C)c4)CCC3=C1)C(=O)c1cc(ccn1)C(F)(F)C2C)c1ccc(F)cc1. The number of hydrogen-bond acceptors (Lipinski definition) is 7. The molecule has 4 bridgehead atoms. The van der Waals surface area contributed by atoms with Gasteiger partial charge in [0.05, 0.1) is 23.0 Å². The second kappa shape index (κ2) is 9.84. The fourth-order valence-electron chi connectivity index (χ4n) is 6.60. The Balaban J connectivity index is 1.59. The van der Waals surface area contributed by atoms with Crippen molar-refractivity contribution in [1.82, 2.24) is 20.2 Å². The summed E-state index contributed by atoms with van der Waals surface area (Å²) in [6.07, 6.45) is 3.20. The number of carbonyl (C=O) groups is 1. The summed E-state index contributed by atoms with van der Waals surface area (Å²) in [7, 11) is -1.58. The fourth-order valence-corrected chi connectivity index (χ4v) is 8.30. The lowest BCUT2D eigenvalue weighted by molar-refractivity contribution is -0.0473. The third-order valence-corrected chi connectivity index (χ3v) is 11.1. The number of hydrazine groups is 1. The van der Waals surface area contributed by atoms with E-state index in [9.17, 15) is 17.6 Å². The fraction of sp³-hybridized carbons (Fsp3) is 0.367. The number of anilines is 1. The van der Waals surface area contributed by atoms with Crippen LogP contribution in [0.2, 0.25) is 0 Å². The predicted molar refractivity (Wildman–Crippen MR) is 150 cm³/mol. The Hall–Kier alpha value is -3.84. The lowest BCUT2D eigenvalue weighted by Gasteiger charge is -2.48. The van der Waals surface area contributed by atoms with Gasteiger partial charge in [0.1, 0.15) is 16.4 Å². The van der Waals surface area contributed by atoms with E-state index < -0.39 is 62.1 Å². The summed E-state index contributed by atoms with van der Waals surface area (Å²) < 4.78 is 91.8. The van der Waals surface area contributed by atoms with Crippen LogP contribution in [-0.4, -0.2) is 41.0 Å². The van der Waals surface area contributed by atoms with Gasteiger partial charge in [0.2, 0.25) is 14.8 Å². The van der Waals surface area contributed by atoms with Gasteiger partial charge in [-0.15, -0.1) is 0 Å². The van der Waals surface area contributed by atoms with E-state index in [0.717, 1.165) is 24.5 Å². The van der Waals surface area contributed by atoms with Crippen LogP contribution in [0.25, 0.3) is 0 Å². The minimum Gasteiger partial charge on any atom is -0.291 e.